The Morgan fingerprint density at radius 1 is 1.28 bits per heavy atom. The van der Waals surface area contributed by atoms with E-state index in [4.69, 9.17) is 9.52 Å². The summed E-state index contributed by atoms with van der Waals surface area (Å²) in [6, 6.07) is 0.0206. The number of aromatic nitrogens is 2. The van der Waals surface area contributed by atoms with Crippen molar-refractivity contribution in [3.05, 3.63) is 5.89 Å². The molecule has 1 aromatic heterocycles. The average molecular weight is 253 g/mol. The molecule has 1 aliphatic rings. The molecular formula is C11H15N3O4. The third-order valence-electron chi connectivity index (χ3n) is 3.18. The van der Waals surface area contributed by atoms with Crippen LogP contribution in [0.15, 0.2) is 4.42 Å². The Bertz CT molecular complexity index is 457. The number of carbonyl (C=O) groups is 2. The summed E-state index contributed by atoms with van der Waals surface area (Å²) in [7, 11) is 0. The SMILES string of the molecule is Cc1nnc(NC(=O)[C@@H]2CCCC[C@@H]2C(=O)O)o1. The van der Waals surface area contributed by atoms with Gasteiger partial charge in [-0.2, -0.15) is 0 Å². The van der Waals surface area contributed by atoms with E-state index >= 15 is 0 Å². The monoisotopic (exact) mass is 253 g/mol. The molecule has 0 radical (unpaired) electrons. The number of rotatable bonds is 3. The fourth-order valence-electron chi connectivity index (χ4n) is 2.29. The van der Waals surface area contributed by atoms with Gasteiger partial charge in [0.15, 0.2) is 0 Å². The van der Waals surface area contributed by atoms with Gasteiger partial charge in [0.25, 0.3) is 0 Å². The summed E-state index contributed by atoms with van der Waals surface area (Å²) in [6.45, 7) is 1.61. The van der Waals surface area contributed by atoms with E-state index in [0.717, 1.165) is 12.8 Å². The van der Waals surface area contributed by atoms with E-state index in [-0.39, 0.29) is 11.9 Å². The van der Waals surface area contributed by atoms with Gasteiger partial charge in [-0.05, 0) is 12.8 Å². The normalized spacial score (nSPS) is 23.6. The van der Waals surface area contributed by atoms with Crippen LogP contribution >= 0.6 is 0 Å². The maximum atomic E-state index is 12.0. The highest BCUT2D eigenvalue weighted by Gasteiger charge is 2.36. The molecule has 18 heavy (non-hydrogen) atoms. The molecule has 0 unspecified atom stereocenters. The summed E-state index contributed by atoms with van der Waals surface area (Å²) in [5.74, 6) is -2.07. The lowest BCUT2D eigenvalue weighted by molar-refractivity contribution is -0.147. The van der Waals surface area contributed by atoms with Gasteiger partial charge < -0.3 is 9.52 Å². The zero-order valence-electron chi connectivity index (χ0n) is 10.0. The van der Waals surface area contributed by atoms with Crippen molar-refractivity contribution in [2.24, 2.45) is 11.8 Å². The summed E-state index contributed by atoms with van der Waals surface area (Å²) in [5.41, 5.74) is 0. The smallest absolute Gasteiger partial charge is 0.322 e. The van der Waals surface area contributed by atoms with Crippen LogP contribution in [-0.4, -0.2) is 27.2 Å². The summed E-state index contributed by atoms with van der Waals surface area (Å²) in [6.07, 6.45) is 2.83. The van der Waals surface area contributed by atoms with Gasteiger partial charge >= 0.3 is 12.0 Å². The van der Waals surface area contributed by atoms with Crippen molar-refractivity contribution in [2.45, 2.75) is 32.6 Å². The molecule has 0 aromatic carbocycles. The Labute approximate surface area is 104 Å². The van der Waals surface area contributed by atoms with Crippen LogP contribution in [0.1, 0.15) is 31.6 Å². The van der Waals surface area contributed by atoms with Crippen molar-refractivity contribution < 1.29 is 19.1 Å². The molecule has 1 fully saturated rings. The molecule has 0 saturated heterocycles. The van der Waals surface area contributed by atoms with E-state index in [1.807, 2.05) is 0 Å². The molecule has 2 atom stereocenters. The van der Waals surface area contributed by atoms with E-state index < -0.39 is 17.8 Å². The van der Waals surface area contributed by atoms with Crippen molar-refractivity contribution >= 4 is 17.9 Å². The minimum atomic E-state index is -0.920. The molecule has 7 nitrogen and oxygen atoms in total. The quantitative estimate of drug-likeness (QED) is 0.838. The molecule has 1 aliphatic carbocycles. The maximum Gasteiger partial charge on any atom is 0.322 e. The number of hydrogen-bond acceptors (Lipinski definition) is 5. The number of anilines is 1. The van der Waals surface area contributed by atoms with E-state index in [1.54, 1.807) is 6.92 Å². The van der Waals surface area contributed by atoms with Crippen LogP contribution in [0.4, 0.5) is 6.01 Å². The number of hydrogen-bond donors (Lipinski definition) is 2. The van der Waals surface area contributed by atoms with Crippen molar-refractivity contribution in [3.63, 3.8) is 0 Å². The van der Waals surface area contributed by atoms with Crippen LogP contribution in [0.25, 0.3) is 0 Å². The number of carboxylic acids is 1. The van der Waals surface area contributed by atoms with Crippen LogP contribution in [0.5, 0.6) is 0 Å². The molecule has 1 aromatic rings. The Balaban J connectivity index is 2.04. The van der Waals surface area contributed by atoms with E-state index in [2.05, 4.69) is 15.5 Å². The minimum absolute atomic E-state index is 0.0206. The van der Waals surface area contributed by atoms with Gasteiger partial charge in [-0.1, -0.05) is 17.9 Å². The third kappa shape index (κ3) is 2.66. The lowest BCUT2D eigenvalue weighted by Gasteiger charge is -2.26. The van der Waals surface area contributed by atoms with E-state index in [1.165, 1.54) is 0 Å². The molecule has 1 amide bonds. The first kappa shape index (κ1) is 12.5. The second-order valence-electron chi connectivity index (χ2n) is 4.45. The number of aryl methyl sites for hydroxylation is 1. The first-order chi connectivity index (χ1) is 8.58. The van der Waals surface area contributed by atoms with Gasteiger partial charge in [0.2, 0.25) is 11.8 Å². The Morgan fingerprint density at radius 2 is 1.94 bits per heavy atom. The number of aliphatic carboxylic acids is 1. The fraction of sp³-hybridized carbons (Fsp3) is 0.636. The molecule has 2 rings (SSSR count). The number of carbonyl (C=O) groups excluding carboxylic acids is 1. The Hall–Kier alpha value is -1.92. The second-order valence-corrected chi connectivity index (χ2v) is 4.45. The Kier molecular flexibility index (Phi) is 3.59. The molecule has 0 spiro atoms. The van der Waals surface area contributed by atoms with Crippen molar-refractivity contribution in [1.29, 1.82) is 0 Å². The van der Waals surface area contributed by atoms with Gasteiger partial charge in [-0.25, -0.2) is 0 Å². The average Bonchev–Trinajstić information content (AvgIpc) is 2.74. The van der Waals surface area contributed by atoms with Crippen LogP contribution in [0.2, 0.25) is 0 Å². The van der Waals surface area contributed by atoms with Crippen LogP contribution in [0, 0.1) is 18.8 Å². The molecule has 7 heteroatoms. The summed E-state index contributed by atoms with van der Waals surface area (Å²) in [5, 5.41) is 18.8. The molecule has 1 saturated carbocycles. The van der Waals surface area contributed by atoms with Crippen LogP contribution in [0.3, 0.4) is 0 Å². The number of carboxylic acid groups (broad SMARTS) is 1. The second kappa shape index (κ2) is 5.16. The Morgan fingerprint density at radius 3 is 2.50 bits per heavy atom. The van der Waals surface area contributed by atoms with Gasteiger partial charge in [0, 0.05) is 6.92 Å². The predicted molar refractivity (Wildman–Crippen MR) is 60.7 cm³/mol. The van der Waals surface area contributed by atoms with Crippen molar-refractivity contribution in [3.8, 4) is 0 Å². The fourth-order valence-corrected chi connectivity index (χ4v) is 2.29. The lowest BCUT2D eigenvalue weighted by atomic mass is 9.79. The van der Waals surface area contributed by atoms with E-state index in [9.17, 15) is 9.59 Å². The molecule has 0 bridgehead atoms. The maximum absolute atomic E-state index is 12.0. The van der Waals surface area contributed by atoms with Gasteiger partial charge in [-0.3, -0.25) is 14.9 Å². The number of nitrogens with one attached hydrogen (secondary N) is 1. The zero-order chi connectivity index (χ0) is 13.1. The summed E-state index contributed by atoms with van der Waals surface area (Å²) >= 11 is 0. The topological polar surface area (TPSA) is 105 Å². The molecular weight excluding hydrogens is 238 g/mol. The first-order valence-corrected chi connectivity index (χ1v) is 5.91. The van der Waals surface area contributed by atoms with Gasteiger partial charge in [-0.15, -0.1) is 5.10 Å². The zero-order valence-corrected chi connectivity index (χ0v) is 10.0. The standard InChI is InChI=1S/C11H15N3O4/c1-6-13-14-11(18-6)12-9(15)7-4-2-3-5-8(7)10(16)17/h7-8H,2-5H2,1H3,(H,16,17)(H,12,14,15)/t7-,8+/m1/s1. The molecule has 0 aliphatic heterocycles. The summed E-state index contributed by atoms with van der Waals surface area (Å²) in [4.78, 5) is 23.1. The number of amides is 1. The molecule has 1 heterocycles. The summed E-state index contributed by atoms with van der Waals surface area (Å²) < 4.78 is 5.04. The highest BCUT2D eigenvalue weighted by Crippen LogP contribution is 2.31. The first-order valence-electron chi connectivity index (χ1n) is 5.91. The molecule has 98 valence electrons. The van der Waals surface area contributed by atoms with Gasteiger partial charge in [0.1, 0.15) is 0 Å². The van der Waals surface area contributed by atoms with E-state index in [0.29, 0.717) is 18.7 Å². The van der Waals surface area contributed by atoms with Crippen molar-refractivity contribution in [1.82, 2.24) is 10.2 Å². The minimum Gasteiger partial charge on any atom is -0.481 e. The highest BCUT2D eigenvalue weighted by atomic mass is 16.4. The molecule has 2 N–H and O–H groups in total. The number of nitrogens with zero attached hydrogens (tertiary/aromatic N) is 2. The van der Waals surface area contributed by atoms with Gasteiger partial charge in [0.05, 0.1) is 11.8 Å². The largest absolute Gasteiger partial charge is 0.481 e. The predicted octanol–water partition coefficient (Wildman–Crippen LogP) is 1.21. The van der Waals surface area contributed by atoms with Crippen LogP contribution in [-0.2, 0) is 9.59 Å². The highest BCUT2D eigenvalue weighted by molar-refractivity contribution is 5.93. The van der Waals surface area contributed by atoms with Crippen molar-refractivity contribution in [2.75, 3.05) is 5.32 Å². The lowest BCUT2D eigenvalue weighted by Crippen LogP contribution is -2.36. The third-order valence-corrected chi connectivity index (χ3v) is 3.18. The van der Waals surface area contributed by atoms with Crippen LogP contribution < -0.4 is 5.32 Å².